The van der Waals surface area contributed by atoms with Gasteiger partial charge in [-0.25, -0.2) is 4.98 Å². The summed E-state index contributed by atoms with van der Waals surface area (Å²) in [5.74, 6) is 0. The molecule has 0 saturated heterocycles. The quantitative estimate of drug-likeness (QED) is 0.591. The third kappa shape index (κ3) is 2.72. The van der Waals surface area contributed by atoms with E-state index in [2.05, 4.69) is 56.3 Å². The first-order chi connectivity index (χ1) is 10.2. The van der Waals surface area contributed by atoms with E-state index >= 15 is 0 Å². The van der Waals surface area contributed by atoms with Gasteiger partial charge in [0.2, 0.25) is 0 Å². The van der Waals surface area contributed by atoms with E-state index in [1.807, 2.05) is 6.07 Å². The number of thiazole rings is 1. The Bertz CT molecular complexity index is 706. The molecule has 0 unspecified atom stereocenters. The molecule has 3 aromatic rings. The zero-order valence-corrected chi connectivity index (χ0v) is 14.0. The number of fused-ring (bicyclic) bond motifs is 1. The Morgan fingerprint density at radius 1 is 1.00 bits per heavy atom. The highest BCUT2D eigenvalue weighted by molar-refractivity contribution is 7.81. The van der Waals surface area contributed by atoms with Gasteiger partial charge in [0, 0.05) is 10.3 Å². The van der Waals surface area contributed by atoms with Crippen molar-refractivity contribution >= 4 is 34.2 Å². The number of hydrogen-bond acceptors (Lipinski definition) is 3. The lowest BCUT2D eigenvalue weighted by molar-refractivity contribution is 0.585. The van der Waals surface area contributed by atoms with Gasteiger partial charge in [0.25, 0.3) is 0 Å². The van der Waals surface area contributed by atoms with Gasteiger partial charge in [-0.3, -0.25) is 0 Å². The molecule has 0 bridgehead atoms. The van der Waals surface area contributed by atoms with Crippen molar-refractivity contribution in [1.29, 1.82) is 0 Å². The summed E-state index contributed by atoms with van der Waals surface area (Å²) < 4.78 is 1.22. The summed E-state index contributed by atoms with van der Waals surface area (Å²) in [7, 11) is 0. The topological polar surface area (TPSA) is 12.9 Å². The van der Waals surface area contributed by atoms with Crippen molar-refractivity contribution < 1.29 is 0 Å². The normalized spacial score (nSPS) is 12.0. The summed E-state index contributed by atoms with van der Waals surface area (Å²) in [6.45, 7) is 4.38. The van der Waals surface area contributed by atoms with Crippen LogP contribution in [0.5, 0.6) is 0 Å². The van der Waals surface area contributed by atoms with Crippen LogP contribution in [0.1, 0.15) is 32.3 Å². The Hall–Kier alpha value is -1.32. The number of aromatic nitrogens is 1. The Kier molecular flexibility index (Phi) is 4.05. The Morgan fingerprint density at radius 3 is 2.29 bits per heavy atom. The second-order valence-electron chi connectivity index (χ2n) is 5.30. The van der Waals surface area contributed by atoms with E-state index < -0.39 is 0 Å². The first-order valence-corrected chi connectivity index (χ1v) is 8.61. The zero-order chi connectivity index (χ0) is 14.9. The molecule has 0 aliphatic carbocycles. The Labute approximate surface area is 135 Å². The van der Waals surface area contributed by atoms with Crippen molar-refractivity contribution in [3.8, 4) is 10.6 Å². The van der Waals surface area contributed by atoms with Crippen LogP contribution in [0.2, 0.25) is 0 Å². The van der Waals surface area contributed by atoms with E-state index in [1.54, 1.807) is 11.3 Å². The van der Waals surface area contributed by atoms with Crippen LogP contribution in [0, 0.1) is 0 Å². The molecular formula is C18H19NS2. The predicted molar refractivity (Wildman–Crippen MR) is 96.3 cm³/mol. The molecule has 0 fully saturated rings. The molecule has 1 heterocycles. The molecule has 21 heavy (non-hydrogen) atoms. The van der Waals surface area contributed by atoms with Crippen molar-refractivity contribution in [3.05, 3.63) is 54.1 Å². The fraction of sp³-hybridized carbons (Fsp3) is 0.278. The molecule has 0 N–H and O–H groups in total. The lowest BCUT2D eigenvalue weighted by Gasteiger charge is -2.26. The van der Waals surface area contributed by atoms with Gasteiger partial charge in [-0.05, 0) is 30.5 Å². The second kappa shape index (κ2) is 5.82. The summed E-state index contributed by atoms with van der Waals surface area (Å²) in [6.07, 6.45) is 2.07. The van der Waals surface area contributed by atoms with Crippen LogP contribution in [-0.4, -0.2) is 4.98 Å². The third-order valence-electron chi connectivity index (χ3n) is 4.13. The van der Waals surface area contributed by atoms with E-state index in [0.717, 1.165) is 23.4 Å². The van der Waals surface area contributed by atoms with Gasteiger partial charge in [0.1, 0.15) is 5.01 Å². The summed E-state index contributed by atoms with van der Waals surface area (Å²) in [6, 6.07) is 17.0. The molecule has 1 nitrogen and oxygen atoms in total. The van der Waals surface area contributed by atoms with Gasteiger partial charge in [-0.2, -0.15) is 12.6 Å². The number of nitrogens with zero attached hydrogens (tertiary/aromatic N) is 1. The molecule has 0 aliphatic rings. The largest absolute Gasteiger partial charge is 0.236 e. The van der Waals surface area contributed by atoms with Crippen LogP contribution < -0.4 is 0 Å². The van der Waals surface area contributed by atoms with Crippen LogP contribution in [-0.2, 0) is 4.75 Å². The lowest BCUT2D eigenvalue weighted by atomic mass is 9.92. The molecule has 0 aliphatic heterocycles. The Balaban J connectivity index is 1.97. The summed E-state index contributed by atoms with van der Waals surface area (Å²) in [5, 5.41) is 1.08. The molecule has 108 valence electrons. The predicted octanol–water partition coefficient (Wildman–Crippen LogP) is 5.91. The highest BCUT2D eigenvalue weighted by Gasteiger charge is 2.23. The molecule has 0 spiro atoms. The first kappa shape index (κ1) is 14.6. The number of rotatable bonds is 4. The zero-order valence-electron chi connectivity index (χ0n) is 12.3. The van der Waals surface area contributed by atoms with Crippen molar-refractivity contribution in [2.75, 3.05) is 0 Å². The van der Waals surface area contributed by atoms with Crippen LogP contribution >= 0.6 is 24.0 Å². The maximum atomic E-state index is 4.86. The maximum absolute atomic E-state index is 4.86. The minimum atomic E-state index is -0.0217. The third-order valence-corrected chi connectivity index (χ3v) is 6.11. The van der Waals surface area contributed by atoms with E-state index in [9.17, 15) is 0 Å². The second-order valence-corrected chi connectivity index (χ2v) is 7.19. The highest BCUT2D eigenvalue weighted by atomic mass is 32.1. The molecule has 3 rings (SSSR count). The highest BCUT2D eigenvalue weighted by Crippen LogP contribution is 2.37. The smallest absolute Gasteiger partial charge is 0.124 e. The maximum Gasteiger partial charge on any atom is 0.124 e. The number of thiol groups is 1. The SMILES string of the molecule is CCC(S)(CC)c1ccc(-c2nc3ccccc3s2)cc1. The van der Waals surface area contributed by atoms with Gasteiger partial charge < -0.3 is 0 Å². The van der Waals surface area contributed by atoms with Crippen LogP contribution in [0.4, 0.5) is 0 Å². The summed E-state index contributed by atoms with van der Waals surface area (Å²) >= 11 is 6.60. The molecule has 0 amide bonds. The average Bonchev–Trinajstić information content (AvgIpc) is 2.98. The van der Waals surface area contributed by atoms with Crippen LogP contribution in [0.3, 0.4) is 0 Å². The molecule has 0 saturated carbocycles. The van der Waals surface area contributed by atoms with Gasteiger partial charge in [0.15, 0.2) is 0 Å². The van der Waals surface area contributed by atoms with E-state index in [-0.39, 0.29) is 4.75 Å². The summed E-state index contributed by atoms with van der Waals surface area (Å²) in [4.78, 5) is 4.71. The molecule has 0 radical (unpaired) electrons. The van der Waals surface area contributed by atoms with Gasteiger partial charge in [0.05, 0.1) is 10.2 Å². The van der Waals surface area contributed by atoms with Crippen LogP contribution in [0.15, 0.2) is 48.5 Å². The molecular weight excluding hydrogens is 294 g/mol. The molecule has 3 heteroatoms. The monoisotopic (exact) mass is 313 g/mol. The van der Waals surface area contributed by atoms with Gasteiger partial charge in [-0.15, -0.1) is 11.3 Å². The van der Waals surface area contributed by atoms with E-state index in [0.29, 0.717) is 0 Å². The first-order valence-electron chi connectivity index (χ1n) is 7.35. The van der Waals surface area contributed by atoms with Crippen LogP contribution in [0.25, 0.3) is 20.8 Å². The standard InChI is InChI=1S/C18H19NS2/c1-3-18(20,4-2)14-11-9-13(10-12-14)17-19-15-7-5-6-8-16(15)21-17/h5-12,20H,3-4H2,1-2H3. The van der Waals surface area contributed by atoms with Crippen molar-refractivity contribution in [2.45, 2.75) is 31.4 Å². The average molecular weight is 313 g/mol. The fourth-order valence-electron chi connectivity index (χ4n) is 2.58. The van der Waals surface area contributed by atoms with E-state index in [1.165, 1.54) is 15.8 Å². The molecule has 0 atom stereocenters. The fourth-order valence-corrected chi connectivity index (χ4v) is 3.70. The van der Waals surface area contributed by atoms with E-state index in [4.69, 9.17) is 17.6 Å². The van der Waals surface area contributed by atoms with Crippen molar-refractivity contribution in [2.24, 2.45) is 0 Å². The van der Waals surface area contributed by atoms with Gasteiger partial charge >= 0.3 is 0 Å². The number of para-hydroxylation sites is 1. The van der Waals surface area contributed by atoms with Gasteiger partial charge in [-0.1, -0.05) is 50.2 Å². The molecule has 2 aromatic carbocycles. The minimum absolute atomic E-state index is 0.0217. The lowest BCUT2D eigenvalue weighted by Crippen LogP contribution is -2.15. The summed E-state index contributed by atoms with van der Waals surface area (Å²) in [5.41, 5.74) is 3.55. The number of benzene rings is 2. The van der Waals surface area contributed by atoms with Crippen molar-refractivity contribution in [1.82, 2.24) is 4.98 Å². The molecule has 1 aromatic heterocycles. The Morgan fingerprint density at radius 2 is 1.67 bits per heavy atom. The number of hydrogen-bond donors (Lipinski definition) is 1. The van der Waals surface area contributed by atoms with Crippen molar-refractivity contribution in [3.63, 3.8) is 0 Å². The minimum Gasteiger partial charge on any atom is -0.236 e.